The van der Waals surface area contributed by atoms with Crippen LogP contribution in [0.15, 0.2) is 22.6 Å². The van der Waals surface area contributed by atoms with Gasteiger partial charge in [-0.15, -0.1) is 11.3 Å². The monoisotopic (exact) mass is 261 g/mol. The molecular formula is C15H19NOS. The summed E-state index contributed by atoms with van der Waals surface area (Å²) in [5.74, 6) is 2.10. The summed E-state index contributed by atoms with van der Waals surface area (Å²) in [6, 6.07) is 6.76. The van der Waals surface area contributed by atoms with Gasteiger partial charge in [0.15, 0.2) is 0 Å². The van der Waals surface area contributed by atoms with Gasteiger partial charge in [-0.05, 0) is 50.1 Å². The first-order chi connectivity index (χ1) is 8.81. The number of thiophene rings is 1. The van der Waals surface area contributed by atoms with Crippen LogP contribution in [-0.4, -0.2) is 7.05 Å². The van der Waals surface area contributed by atoms with Gasteiger partial charge in [-0.3, -0.25) is 0 Å². The van der Waals surface area contributed by atoms with Crippen molar-refractivity contribution in [3.8, 4) is 0 Å². The number of rotatable bonds is 4. The molecule has 0 fully saturated rings. The lowest BCUT2D eigenvalue weighted by Crippen LogP contribution is -2.15. The second-order valence-corrected chi connectivity index (χ2v) is 6.00. The SMILES string of the molecule is CCc1ccc(C(NC)c2cc3c(s2)CCC3)o1. The number of aryl methyl sites for hydroxylation is 3. The van der Waals surface area contributed by atoms with Crippen LogP contribution in [0.5, 0.6) is 0 Å². The quantitative estimate of drug-likeness (QED) is 0.908. The Kier molecular flexibility index (Phi) is 3.27. The van der Waals surface area contributed by atoms with Gasteiger partial charge in [-0.1, -0.05) is 6.92 Å². The Morgan fingerprint density at radius 2 is 2.28 bits per heavy atom. The van der Waals surface area contributed by atoms with Crippen molar-refractivity contribution in [3.63, 3.8) is 0 Å². The van der Waals surface area contributed by atoms with E-state index < -0.39 is 0 Å². The van der Waals surface area contributed by atoms with Crippen LogP contribution in [0.1, 0.15) is 46.2 Å². The zero-order valence-corrected chi connectivity index (χ0v) is 11.8. The molecule has 2 aromatic rings. The average molecular weight is 261 g/mol. The first-order valence-electron chi connectivity index (χ1n) is 6.69. The molecule has 3 rings (SSSR count). The van der Waals surface area contributed by atoms with Crippen LogP contribution >= 0.6 is 11.3 Å². The van der Waals surface area contributed by atoms with Crippen molar-refractivity contribution in [1.29, 1.82) is 0 Å². The van der Waals surface area contributed by atoms with E-state index in [0.29, 0.717) is 0 Å². The minimum atomic E-state index is 0.209. The van der Waals surface area contributed by atoms with Crippen molar-refractivity contribution in [3.05, 3.63) is 45.0 Å². The second kappa shape index (κ2) is 4.90. The molecule has 0 saturated carbocycles. The van der Waals surface area contributed by atoms with Crippen LogP contribution in [0.2, 0.25) is 0 Å². The maximum absolute atomic E-state index is 5.89. The van der Waals surface area contributed by atoms with Gasteiger partial charge in [0.2, 0.25) is 0 Å². The standard InChI is InChI=1S/C15H19NOS/c1-3-11-7-8-12(17-11)15(16-2)14-9-10-5-4-6-13(10)18-14/h7-9,15-16H,3-6H2,1-2H3. The summed E-state index contributed by atoms with van der Waals surface area (Å²) in [6.07, 6.45) is 4.79. The molecule has 2 heterocycles. The number of furan rings is 1. The van der Waals surface area contributed by atoms with Crippen LogP contribution in [0, 0.1) is 0 Å². The summed E-state index contributed by atoms with van der Waals surface area (Å²) < 4.78 is 5.89. The molecule has 0 spiro atoms. The van der Waals surface area contributed by atoms with Gasteiger partial charge in [0.1, 0.15) is 17.6 Å². The lowest BCUT2D eigenvalue weighted by molar-refractivity contribution is 0.436. The summed E-state index contributed by atoms with van der Waals surface area (Å²) in [7, 11) is 2.00. The van der Waals surface area contributed by atoms with Crippen LogP contribution < -0.4 is 5.32 Å². The van der Waals surface area contributed by atoms with Crippen molar-refractivity contribution in [2.75, 3.05) is 7.05 Å². The third-order valence-electron chi connectivity index (χ3n) is 3.65. The first kappa shape index (κ1) is 12.0. The largest absolute Gasteiger partial charge is 0.464 e. The van der Waals surface area contributed by atoms with E-state index in [-0.39, 0.29) is 6.04 Å². The van der Waals surface area contributed by atoms with E-state index in [2.05, 4.69) is 30.4 Å². The van der Waals surface area contributed by atoms with Crippen LogP contribution in [-0.2, 0) is 19.3 Å². The highest BCUT2D eigenvalue weighted by molar-refractivity contribution is 7.12. The van der Waals surface area contributed by atoms with Crippen molar-refractivity contribution >= 4 is 11.3 Å². The van der Waals surface area contributed by atoms with Crippen LogP contribution in [0.25, 0.3) is 0 Å². The van der Waals surface area contributed by atoms with Gasteiger partial charge in [-0.2, -0.15) is 0 Å². The van der Waals surface area contributed by atoms with Crippen LogP contribution in [0.4, 0.5) is 0 Å². The molecule has 0 aromatic carbocycles. The van der Waals surface area contributed by atoms with Gasteiger partial charge in [-0.25, -0.2) is 0 Å². The fourth-order valence-electron chi connectivity index (χ4n) is 2.66. The minimum Gasteiger partial charge on any atom is -0.464 e. The number of fused-ring (bicyclic) bond motifs is 1. The third-order valence-corrected chi connectivity index (χ3v) is 4.96. The molecule has 2 aromatic heterocycles. The number of hydrogen-bond acceptors (Lipinski definition) is 3. The molecule has 96 valence electrons. The van der Waals surface area contributed by atoms with E-state index in [9.17, 15) is 0 Å². The molecule has 0 radical (unpaired) electrons. The molecule has 1 unspecified atom stereocenters. The van der Waals surface area contributed by atoms with Crippen LogP contribution in [0.3, 0.4) is 0 Å². The average Bonchev–Trinajstić information content (AvgIpc) is 3.04. The van der Waals surface area contributed by atoms with Gasteiger partial charge < -0.3 is 9.73 Å². The van der Waals surface area contributed by atoms with Crippen molar-refractivity contribution in [2.24, 2.45) is 0 Å². The van der Waals surface area contributed by atoms with E-state index in [1.807, 2.05) is 18.4 Å². The Labute approximate surface area is 112 Å². The zero-order chi connectivity index (χ0) is 12.5. The van der Waals surface area contributed by atoms with E-state index in [1.165, 1.54) is 24.1 Å². The normalized spacial score (nSPS) is 15.9. The van der Waals surface area contributed by atoms with Gasteiger partial charge in [0.05, 0.1) is 0 Å². The lowest BCUT2D eigenvalue weighted by atomic mass is 10.1. The molecule has 1 N–H and O–H groups in total. The molecule has 1 atom stereocenters. The molecule has 0 saturated heterocycles. The van der Waals surface area contributed by atoms with E-state index >= 15 is 0 Å². The maximum atomic E-state index is 5.89. The molecule has 1 aliphatic carbocycles. The van der Waals surface area contributed by atoms with Gasteiger partial charge in [0, 0.05) is 16.2 Å². The number of hydrogen-bond donors (Lipinski definition) is 1. The molecule has 18 heavy (non-hydrogen) atoms. The predicted molar refractivity (Wildman–Crippen MR) is 75.3 cm³/mol. The predicted octanol–water partition coefficient (Wildman–Crippen LogP) is 3.70. The van der Waals surface area contributed by atoms with Gasteiger partial charge in [0.25, 0.3) is 0 Å². The highest BCUT2D eigenvalue weighted by Crippen LogP contribution is 2.36. The smallest absolute Gasteiger partial charge is 0.126 e. The van der Waals surface area contributed by atoms with E-state index in [4.69, 9.17) is 4.42 Å². The molecule has 2 nitrogen and oxygen atoms in total. The summed E-state index contributed by atoms with van der Waals surface area (Å²) in [6.45, 7) is 2.12. The van der Waals surface area contributed by atoms with Crippen molar-refractivity contribution in [2.45, 2.75) is 38.6 Å². The van der Waals surface area contributed by atoms with Crippen molar-refractivity contribution in [1.82, 2.24) is 5.32 Å². The second-order valence-electron chi connectivity index (χ2n) is 4.83. The summed E-state index contributed by atoms with van der Waals surface area (Å²) >= 11 is 1.94. The van der Waals surface area contributed by atoms with E-state index in [1.54, 1.807) is 10.4 Å². The summed E-state index contributed by atoms with van der Waals surface area (Å²) in [4.78, 5) is 2.96. The lowest BCUT2D eigenvalue weighted by Gasteiger charge is -2.11. The topological polar surface area (TPSA) is 25.2 Å². The molecule has 3 heteroatoms. The Hall–Kier alpha value is -1.06. The third kappa shape index (κ3) is 2.02. The molecule has 0 bridgehead atoms. The highest BCUT2D eigenvalue weighted by atomic mass is 32.1. The van der Waals surface area contributed by atoms with Crippen molar-refractivity contribution < 1.29 is 4.42 Å². The number of nitrogens with one attached hydrogen (secondary N) is 1. The van der Waals surface area contributed by atoms with E-state index in [0.717, 1.165) is 17.9 Å². The summed E-state index contributed by atoms with van der Waals surface area (Å²) in [5, 5.41) is 3.38. The molecule has 0 amide bonds. The summed E-state index contributed by atoms with van der Waals surface area (Å²) in [5.41, 5.74) is 1.55. The highest BCUT2D eigenvalue weighted by Gasteiger charge is 2.22. The Morgan fingerprint density at radius 3 is 2.94 bits per heavy atom. The fourth-order valence-corrected chi connectivity index (χ4v) is 4.03. The molecule has 1 aliphatic rings. The molecule has 0 aliphatic heterocycles. The minimum absolute atomic E-state index is 0.209. The zero-order valence-electron chi connectivity index (χ0n) is 11.0. The maximum Gasteiger partial charge on any atom is 0.126 e. The Balaban J connectivity index is 1.91. The fraction of sp³-hybridized carbons (Fsp3) is 0.467. The molecular weight excluding hydrogens is 242 g/mol. The Morgan fingerprint density at radius 1 is 1.39 bits per heavy atom. The first-order valence-corrected chi connectivity index (χ1v) is 7.50. The Bertz CT molecular complexity index is 519. The van der Waals surface area contributed by atoms with Gasteiger partial charge >= 0.3 is 0 Å².